The fourth-order valence-corrected chi connectivity index (χ4v) is 2.96. The van der Waals surface area contributed by atoms with Crippen molar-refractivity contribution in [3.63, 3.8) is 0 Å². The highest BCUT2D eigenvalue weighted by Crippen LogP contribution is 2.32. The van der Waals surface area contributed by atoms with E-state index in [1.807, 2.05) is 61.5 Å². The average molecular weight is 329 g/mol. The highest BCUT2D eigenvalue weighted by molar-refractivity contribution is 6.54. The third kappa shape index (κ3) is 2.48. The Kier molecular flexibility index (Phi) is 3.39. The van der Waals surface area contributed by atoms with Crippen molar-refractivity contribution in [2.45, 2.75) is 6.92 Å². The second-order valence-electron chi connectivity index (χ2n) is 6.07. The van der Waals surface area contributed by atoms with Gasteiger partial charge in [-0.1, -0.05) is 42.0 Å². The first kappa shape index (κ1) is 15.1. The maximum atomic E-state index is 12.5. The Morgan fingerprint density at radius 1 is 0.800 bits per heavy atom. The van der Waals surface area contributed by atoms with Gasteiger partial charge in [0.25, 0.3) is 0 Å². The quantitative estimate of drug-likeness (QED) is 0.683. The highest BCUT2D eigenvalue weighted by atomic mass is 16.3. The van der Waals surface area contributed by atoms with E-state index in [1.165, 1.54) is 0 Å². The molecule has 0 atom stereocenters. The third-order valence-electron chi connectivity index (χ3n) is 4.33. The van der Waals surface area contributed by atoms with Crippen molar-refractivity contribution >= 4 is 33.7 Å². The molecule has 3 aromatic carbocycles. The van der Waals surface area contributed by atoms with Crippen LogP contribution in [0.4, 0.5) is 5.69 Å². The van der Waals surface area contributed by atoms with Crippen LogP contribution in [0.5, 0.6) is 0 Å². The molecular weight excluding hydrogens is 314 g/mol. The number of aliphatic hydroxyl groups is 2. The Bertz CT molecular complexity index is 1080. The second kappa shape index (κ2) is 5.60. The molecule has 0 aliphatic heterocycles. The van der Waals surface area contributed by atoms with E-state index in [0.29, 0.717) is 16.8 Å². The number of Topliss-reactive ketones (excluding diaryl/α,β-unsaturated/α-hetero) is 1. The fourth-order valence-electron chi connectivity index (χ4n) is 2.96. The predicted octanol–water partition coefficient (Wildman–Crippen LogP) is 4.64. The van der Waals surface area contributed by atoms with Crippen LogP contribution in [0.15, 0.2) is 71.4 Å². The number of rotatable bonds is 1. The van der Waals surface area contributed by atoms with Crippen LogP contribution in [0, 0.1) is 6.92 Å². The zero-order chi connectivity index (χ0) is 17.6. The summed E-state index contributed by atoms with van der Waals surface area (Å²) in [6.45, 7) is 1.97. The third-order valence-corrected chi connectivity index (χ3v) is 4.33. The van der Waals surface area contributed by atoms with Gasteiger partial charge in [0.15, 0.2) is 5.76 Å². The lowest BCUT2D eigenvalue weighted by Crippen LogP contribution is -2.24. The molecule has 1 aliphatic rings. The number of hydrogen-bond donors (Lipinski definition) is 2. The molecule has 4 nitrogen and oxygen atoms in total. The first-order valence-corrected chi connectivity index (χ1v) is 7.90. The molecule has 0 amide bonds. The molecule has 122 valence electrons. The summed E-state index contributed by atoms with van der Waals surface area (Å²) >= 11 is 0. The van der Waals surface area contributed by atoms with Gasteiger partial charge < -0.3 is 10.2 Å². The van der Waals surface area contributed by atoms with Gasteiger partial charge in [-0.3, -0.25) is 4.79 Å². The number of ketones is 1. The van der Waals surface area contributed by atoms with Crippen LogP contribution >= 0.6 is 0 Å². The number of allylic oxidation sites excluding steroid dienone is 1. The summed E-state index contributed by atoms with van der Waals surface area (Å²) in [5.74, 6) is -1.76. The Morgan fingerprint density at radius 2 is 1.40 bits per heavy atom. The van der Waals surface area contributed by atoms with Crippen molar-refractivity contribution in [3.05, 3.63) is 83.1 Å². The molecule has 0 spiro atoms. The van der Waals surface area contributed by atoms with E-state index in [0.717, 1.165) is 16.3 Å². The Morgan fingerprint density at radius 3 is 2.04 bits per heavy atom. The summed E-state index contributed by atoms with van der Waals surface area (Å²) in [6, 6.07) is 18.6. The summed E-state index contributed by atoms with van der Waals surface area (Å²) < 4.78 is 0. The summed E-state index contributed by atoms with van der Waals surface area (Å²) in [5.41, 5.74) is 2.74. The number of carbonyl (C=O) groups is 1. The summed E-state index contributed by atoms with van der Waals surface area (Å²) in [4.78, 5) is 16.9. The molecule has 0 fully saturated rings. The largest absolute Gasteiger partial charge is 0.504 e. The number of benzene rings is 3. The summed E-state index contributed by atoms with van der Waals surface area (Å²) in [7, 11) is 0. The Labute approximate surface area is 144 Å². The molecule has 0 saturated carbocycles. The molecule has 0 unspecified atom stereocenters. The molecule has 3 aromatic rings. The van der Waals surface area contributed by atoms with Gasteiger partial charge >= 0.3 is 0 Å². The zero-order valence-corrected chi connectivity index (χ0v) is 13.5. The molecule has 2 N–H and O–H groups in total. The minimum absolute atomic E-state index is 0.125. The molecule has 0 aromatic heterocycles. The first-order valence-electron chi connectivity index (χ1n) is 7.90. The lowest BCUT2D eigenvalue weighted by molar-refractivity contribution is -0.112. The maximum absolute atomic E-state index is 12.5. The van der Waals surface area contributed by atoms with Gasteiger partial charge in [-0.05, 0) is 42.0 Å². The van der Waals surface area contributed by atoms with Gasteiger partial charge in [-0.25, -0.2) is 4.99 Å². The normalized spacial score (nSPS) is 15.7. The van der Waals surface area contributed by atoms with Crippen LogP contribution in [0.1, 0.15) is 16.7 Å². The monoisotopic (exact) mass is 329 g/mol. The van der Waals surface area contributed by atoms with Crippen molar-refractivity contribution in [1.82, 2.24) is 0 Å². The molecule has 0 saturated heterocycles. The zero-order valence-electron chi connectivity index (χ0n) is 13.5. The van der Waals surface area contributed by atoms with Gasteiger partial charge in [0, 0.05) is 11.1 Å². The van der Waals surface area contributed by atoms with Crippen molar-refractivity contribution < 1.29 is 15.0 Å². The van der Waals surface area contributed by atoms with E-state index in [-0.39, 0.29) is 5.71 Å². The van der Waals surface area contributed by atoms with Crippen LogP contribution in [0.25, 0.3) is 16.5 Å². The van der Waals surface area contributed by atoms with Crippen molar-refractivity contribution in [1.29, 1.82) is 0 Å². The summed E-state index contributed by atoms with van der Waals surface area (Å²) in [5, 5.41) is 22.1. The van der Waals surface area contributed by atoms with E-state index in [4.69, 9.17) is 0 Å². The lowest BCUT2D eigenvalue weighted by atomic mass is 9.89. The molecule has 0 bridgehead atoms. The molecule has 4 heteroatoms. The van der Waals surface area contributed by atoms with Crippen LogP contribution < -0.4 is 0 Å². The molecule has 0 radical (unpaired) electrons. The maximum Gasteiger partial charge on any atom is 0.250 e. The van der Waals surface area contributed by atoms with Crippen molar-refractivity contribution in [2.24, 2.45) is 4.99 Å². The number of aliphatic imine (C=N–C) groups is 1. The smallest absolute Gasteiger partial charge is 0.250 e. The number of aryl methyl sites for hydroxylation is 1. The number of carbonyl (C=O) groups excluding carboxylic acids is 1. The molecule has 25 heavy (non-hydrogen) atoms. The predicted molar refractivity (Wildman–Crippen MR) is 98.5 cm³/mol. The second-order valence-corrected chi connectivity index (χ2v) is 6.07. The van der Waals surface area contributed by atoms with E-state index < -0.39 is 17.3 Å². The van der Waals surface area contributed by atoms with Gasteiger partial charge in [0.2, 0.25) is 11.5 Å². The van der Waals surface area contributed by atoms with Gasteiger partial charge in [0.05, 0.1) is 5.69 Å². The molecule has 0 heterocycles. The van der Waals surface area contributed by atoms with Crippen molar-refractivity contribution in [3.8, 4) is 0 Å². The van der Waals surface area contributed by atoms with Gasteiger partial charge in [-0.15, -0.1) is 0 Å². The van der Waals surface area contributed by atoms with Crippen LogP contribution in [-0.4, -0.2) is 21.7 Å². The van der Waals surface area contributed by atoms with Crippen LogP contribution in [-0.2, 0) is 4.79 Å². The van der Waals surface area contributed by atoms with Crippen LogP contribution in [0.3, 0.4) is 0 Å². The van der Waals surface area contributed by atoms with Gasteiger partial charge in [-0.2, -0.15) is 0 Å². The molecular formula is C21H15NO3. The highest BCUT2D eigenvalue weighted by Gasteiger charge is 2.31. The SMILES string of the molecule is Cc1ccc(N=C2C(=O)C(O)=C(O)c3cc4ccccc4cc32)cc1. The number of aliphatic hydroxyl groups excluding tert-OH is 2. The van der Waals surface area contributed by atoms with Crippen LogP contribution in [0.2, 0.25) is 0 Å². The minimum Gasteiger partial charge on any atom is -0.504 e. The average Bonchev–Trinajstić information content (AvgIpc) is 2.64. The molecule has 1 aliphatic carbocycles. The number of fused-ring (bicyclic) bond motifs is 2. The summed E-state index contributed by atoms with van der Waals surface area (Å²) in [6.07, 6.45) is 0. The minimum atomic E-state index is -0.680. The Hall–Kier alpha value is -3.40. The molecule has 4 rings (SSSR count). The van der Waals surface area contributed by atoms with E-state index in [1.54, 1.807) is 6.07 Å². The van der Waals surface area contributed by atoms with E-state index in [2.05, 4.69) is 4.99 Å². The van der Waals surface area contributed by atoms with Crippen molar-refractivity contribution in [2.75, 3.05) is 0 Å². The van der Waals surface area contributed by atoms with E-state index in [9.17, 15) is 15.0 Å². The topological polar surface area (TPSA) is 69.9 Å². The van der Waals surface area contributed by atoms with E-state index >= 15 is 0 Å². The lowest BCUT2D eigenvalue weighted by Gasteiger charge is -2.18. The first-order chi connectivity index (χ1) is 12.0. The van der Waals surface area contributed by atoms with Gasteiger partial charge in [0.1, 0.15) is 5.71 Å². The Balaban J connectivity index is 1.99. The number of nitrogens with zero attached hydrogens (tertiary/aromatic N) is 1. The standard InChI is InChI=1S/C21H15NO3/c1-12-6-8-15(9-7-12)22-18-16-10-13-4-2-3-5-14(13)11-17(16)19(23)21(25)20(18)24/h2-11,23,25H,1H3. The fraction of sp³-hybridized carbons (Fsp3) is 0.0476. The number of hydrogen-bond acceptors (Lipinski definition) is 4.